The van der Waals surface area contributed by atoms with Crippen LogP contribution in [0.25, 0.3) is 11.2 Å². The summed E-state index contributed by atoms with van der Waals surface area (Å²) in [5.74, 6) is -1.12. The molecule has 29 heavy (non-hydrogen) atoms. The monoisotopic (exact) mass is 414 g/mol. The molecule has 1 atom stereocenters. The Bertz CT molecular complexity index is 1100. The lowest BCUT2D eigenvalue weighted by Gasteiger charge is -2.38. The number of aromatic hydroxyl groups is 1. The first-order chi connectivity index (χ1) is 13.3. The molecule has 3 aromatic rings. The predicted molar refractivity (Wildman–Crippen MR) is 95.0 cm³/mol. The van der Waals surface area contributed by atoms with Gasteiger partial charge in [-0.2, -0.15) is 18.2 Å². The summed E-state index contributed by atoms with van der Waals surface area (Å²) in [6.45, 7) is 1.73. The summed E-state index contributed by atoms with van der Waals surface area (Å²) in [7, 11) is 0. The highest BCUT2D eigenvalue weighted by molar-refractivity contribution is 5.67. The van der Waals surface area contributed by atoms with E-state index in [1.807, 2.05) is 0 Å². The van der Waals surface area contributed by atoms with Gasteiger partial charge in [0.25, 0.3) is 0 Å². The predicted octanol–water partition coefficient (Wildman–Crippen LogP) is 3.50. The summed E-state index contributed by atoms with van der Waals surface area (Å²) in [4.78, 5) is 15.5. The van der Waals surface area contributed by atoms with Crippen molar-refractivity contribution in [2.45, 2.75) is 44.0 Å². The molecular weight excluding hydrogens is 396 g/mol. The Morgan fingerprint density at radius 2 is 1.90 bits per heavy atom. The summed E-state index contributed by atoms with van der Waals surface area (Å²) in [5, 5.41) is 20.7. The SMILES string of the molecule is CC(C)(CC(O)(Cn1ccc(=O)c2ocnc21)C(F)(F)F)c1cc(F)ccc1O. The van der Waals surface area contributed by atoms with Gasteiger partial charge in [-0.25, -0.2) is 4.39 Å². The van der Waals surface area contributed by atoms with Crippen molar-refractivity contribution < 1.29 is 32.2 Å². The molecule has 6 nitrogen and oxygen atoms in total. The van der Waals surface area contributed by atoms with Crippen LogP contribution >= 0.6 is 0 Å². The largest absolute Gasteiger partial charge is 0.508 e. The second-order valence-corrected chi connectivity index (χ2v) is 7.56. The zero-order valence-electron chi connectivity index (χ0n) is 15.5. The van der Waals surface area contributed by atoms with E-state index in [0.717, 1.165) is 41.4 Å². The van der Waals surface area contributed by atoms with Gasteiger partial charge in [-0.15, -0.1) is 0 Å². The molecule has 10 heteroatoms. The lowest BCUT2D eigenvalue weighted by atomic mass is 9.74. The maximum absolute atomic E-state index is 13.9. The Morgan fingerprint density at radius 3 is 2.55 bits per heavy atom. The van der Waals surface area contributed by atoms with E-state index >= 15 is 0 Å². The number of halogens is 4. The Hall–Kier alpha value is -2.88. The average Bonchev–Trinajstić information content (AvgIpc) is 3.09. The Kier molecular flexibility index (Phi) is 4.94. The van der Waals surface area contributed by atoms with E-state index in [1.54, 1.807) is 0 Å². The molecule has 0 fully saturated rings. The molecule has 2 aromatic heterocycles. The number of nitrogens with zero attached hydrogens (tertiary/aromatic N) is 2. The zero-order valence-corrected chi connectivity index (χ0v) is 15.5. The van der Waals surface area contributed by atoms with Crippen LogP contribution in [0.1, 0.15) is 25.8 Å². The molecule has 2 N–H and O–H groups in total. The molecule has 0 aliphatic carbocycles. The highest BCUT2D eigenvalue weighted by atomic mass is 19.4. The third kappa shape index (κ3) is 3.84. The number of benzene rings is 1. The molecule has 0 saturated carbocycles. The highest BCUT2D eigenvalue weighted by Gasteiger charge is 2.56. The van der Waals surface area contributed by atoms with Gasteiger partial charge in [0, 0.05) is 17.8 Å². The van der Waals surface area contributed by atoms with Crippen molar-refractivity contribution in [3.8, 4) is 5.75 Å². The first-order valence-electron chi connectivity index (χ1n) is 8.55. The normalized spacial score (nSPS) is 14.9. The molecule has 0 aliphatic rings. The van der Waals surface area contributed by atoms with Crippen molar-refractivity contribution in [1.29, 1.82) is 0 Å². The van der Waals surface area contributed by atoms with Gasteiger partial charge in [0.05, 0.1) is 6.54 Å². The smallest absolute Gasteiger partial charge is 0.418 e. The number of hydrogen-bond acceptors (Lipinski definition) is 5. The Morgan fingerprint density at radius 1 is 1.21 bits per heavy atom. The topological polar surface area (TPSA) is 88.5 Å². The third-order valence-corrected chi connectivity index (χ3v) is 4.83. The fraction of sp³-hybridized carbons (Fsp3) is 0.368. The molecule has 0 spiro atoms. The lowest BCUT2D eigenvalue weighted by Crippen LogP contribution is -2.52. The van der Waals surface area contributed by atoms with E-state index < -0.39 is 41.4 Å². The van der Waals surface area contributed by atoms with Crippen molar-refractivity contribution in [2.24, 2.45) is 0 Å². The molecule has 0 bridgehead atoms. The van der Waals surface area contributed by atoms with Crippen LogP contribution in [0, 0.1) is 5.82 Å². The fourth-order valence-electron chi connectivity index (χ4n) is 3.45. The van der Waals surface area contributed by atoms with E-state index in [4.69, 9.17) is 4.42 Å². The van der Waals surface area contributed by atoms with E-state index in [9.17, 15) is 32.6 Å². The first kappa shape index (κ1) is 20.8. The maximum Gasteiger partial charge on any atom is 0.418 e. The lowest BCUT2D eigenvalue weighted by molar-refractivity contribution is -0.271. The van der Waals surface area contributed by atoms with Gasteiger partial charge in [-0.05, 0) is 30.0 Å². The molecule has 3 rings (SSSR count). The van der Waals surface area contributed by atoms with Crippen LogP contribution in [0.15, 0.2) is 46.1 Å². The van der Waals surface area contributed by atoms with Crippen molar-refractivity contribution in [3.05, 3.63) is 58.5 Å². The number of fused-ring (bicyclic) bond motifs is 1. The third-order valence-electron chi connectivity index (χ3n) is 4.83. The van der Waals surface area contributed by atoms with Crippen molar-refractivity contribution in [2.75, 3.05) is 0 Å². The standard InChI is InChI=1S/C19H18F4N2O4/c1-17(2,12-7-11(20)3-4-13(12)26)8-18(28,19(21,22)23)9-25-6-5-14(27)15-16(25)24-10-29-15/h3-7,10,26,28H,8-9H2,1-2H3. The van der Waals surface area contributed by atoms with E-state index in [0.29, 0.717) is 0 Å². The van der Waals surface area contributed by atoms with Crippen LogP contribution in [0.4, 0.5) is 17.6 Å². The summed E-state index contributed by atoms with van der Waals surface area (Å²) < 4.78 is 61.2. The van der Waals surface area contributed by atoms with Crippen LogP contribution in [-0.2, 0) is 12.0 Å². The van der Waals surface area contributed by atoms with Gasteiger partial charge in [0.1, 0.15) is 11.6 Å². The number of phenolic OH excluding ortho intramolecular Hbond substituents is 1. The van der Waals surface area contributed by atoms with Crippen LogP contribution in [0.3, 0.4) is 0 Å². The Labute approximate surface area is 162 Å². The minimum atomic E-state index is -5.08. The number of aromatic nitrogens is 2. The van der Waals surface area contributed by atoms with Crippen LogP contribution < -0.4 is 5.43 Å². The van der Waals surface area contributed by atoms with Gasteiger partial charge in [0.2, 0.25) is 11.0 Å². The van der Waals surface area contributed by atoms with Gasteiger partial charge in [0.15, 0.2) is 17.6 Å². The summed E-state index contributed by atoms with van der Waals surface area (Å²) in [6.07, 6.45) is -3.97. The molecular formula is C19H18F4N2O4. The minimum Gasteiger partial charge on any atom is -0.508 e. The molecule has 0 aliphatic heterocycles. The number of rotatable bonds is 5. The van der Waals surface area contributed by atoms with E-state index in [2.05, 4.69) is 4.98 Å². The number of pyridine rings is 1. The molecule has 0 radical (unpaired) electrons. The van der Waals surface area contributed by atoms with Gasteiger partial charge in [-0.3, -0.25) is 4.79 Å². The number of aliphatic hydroxyl groups is 1. The van der Waals surface area contributed by atoms with Crippen molar-refractivity contribution in [3.63, 3.8) is 0 Å². The van der Waals surface area contributed by atoms with Crippen molar-refractivity contribution >= 4 is 11.2 Å². The van der Waals surface area contributed by atoms with Crippen LogP contribution in [-0.4, -0.2) is 31.5 Å². The molecule has 1 aromatic carbocycles. The fourth-order valence-corrected chi connectivity index (χ4v) is 3.45. The number of oxazole rings is 1. The number of hydrogen-bond donors (Lipinski definition) is 2. The molecule has 0 amide bonds. The van der Waals surface area contributed by atoms with Gasteiger partial charge < -0.3 is 19.2 Å². The summed E-state index contributed by atoms with van der Waals surface area (Å²) >= 11 is 0. The summed E-state index contributed by atoms with van der Waals surface area (Å²) in [6, 6.07) is 3.96. The second kappa shape index (κ2) is 6.87. The maximum atomic E-state index is 13.9. The first-order valence-corrected chi connectivity index (χ1v) is 8.55. The van der Waals surface area contributed by atoms with Crippen LogP contribution in [0.5, 0.6) is 5.75 Å². The highest BCUT2D eigenvalue weighted by Crippen LogP contribution is 2.44. The number of alkyl halides is 3. The Balaban J connectivity index is 2.05. The van der Waals surface area contributed by atoms with E-state index in [1.165, 1.54) is 13.8 Å². The van der Waals surface area contributed by atoms with Gasteiger partial charge >= 0.3 is 6.18 Å². The molecule has 0 saturated heterocycles. The summed E-state index contributed by atoms with van der Waals surface area (Å²) in [5.41, 5.74) is -5.76. The quantitative estimate of drug-likeness (QED) is 0.624. The zero-order chi connectivity index (χ0) is 21.6. The average molecular weight is 414 g/mol. The van der Waals surface area contributed by atoms with Crippen molar-refractivity contribution in [1.82, 2.24) is 9.55 Å². The van der Waals surface area contributed by atoms with Crippen LogP contribution in [0.2, 0.25) is 0 Å². The molecule has 156 valence electrons. The minimum absolute atomic E-state index is 0.0772. The molecule has 1 unspecified atom stereocenters. The number of phenols is 1. The second-order valence-electron chi connectivity index (χ2n) is 7.56. The van der Waals surface area contributed by atoms with Gasteiger partial charge in [-0.1, -0.05) is 13.8 Å². The van der Waals surface area contributed by atoms with E-state index in [-0.39, 0.29) is 22.5 Å². The molecule has 2 heterocycles.